The summed E-state index contributed by atoms with van der Waals surface area (Å²) in [5, 5.41) is 8.72. The minimum atomic E-state index is 0.533. The first-order valence-electron chi connectivity index (χ1n) is 7.29. The van der Waals surface area contributed by atoms with Gasteiger partial charge in [0.15, 0.2) is 5.82 Å². The quantitative estimate of drug-likeness (QED) is 0.722. The van der Waals surface area contributed by atoms with Crippen molar-refractivity contribution >= 4 is 0 Å². The lowest BCUT2D eigenvalue weighted by Gasteiger charge is -2.24. The Kier molecular flexibility index (Phi) is 2.99. The van der Waals surface area contributed by atoms with Gasteiger partial charge in [0.25, 0.3) is 0 Å². The van der Waals surface area contributed by atoms with E-state index in [0.29, 0.717) is 5.92 Å². The van der Waals surface area contributed by atoms with Crippen molar-refractivity contribution in [3.63, 3.8) is 0 Å². The molecular weight excluding hydrogens is 260 g/mol. The van der Waals surface area contributed by atoms with Gasteiger partial charge in [0, 0.05) is 36.8 Å². The van der Waals surface area contributed by atoms with Crippen LogP contribution in [0.15, 0.2) is 54.9 Å². The predicted molar refractivity (Wildman–Crippen MR) is 80.8 cm³/mol. The van der Waals surface area contributed by atoms with Crippen molar-refractivity contribution < 1.29 is 0 Å². The zero-order chi connectivity index (χ0) is 14.1. The molecule has 1 aliphatic rings. The average Bonchev–Trinajstić information content (AvgIpc) is 2.99. The van der Waals surface area contributed by atoms with E-state index in [1.807, 2.05) is 18.3 Å². The fraction of sp³-hybridized carbons (Fsp3) is 0.235. The number of nitrogens with zero attached hydrogens (tertiary/aromatic N) is 4. The second kappa shape index (κ2) is 5.13. The number of hydrogen-bond acceptors (Lipinski definition) is 3. The molecule has 0 aliphatic carbocycles. The van der Waals surface area contributed by atoms with Crippen LogP contribution < -0.4 is 0 Å². The number of hydrogen-bond donors (Lipinski definition) is 0. The number of rotatable bonds is 2. The molecule has 0 saturated carbocycles. The summed E-state index contributed by atoms with van der Waals surface area (Å²) in [6.45, 7) is 0.941. The summed E-state index contributed by atoms with van der Waals surface area (Å²) >= 11 is 0. The van der Waals surface area contributed by atoms with Crippen LogP contribution in [0.4, 0.5) is 0 Å². The van der Waals surface area contributed by atoms with Crippen LogP contribution in [0.1, 0.15) is 23.7 Å². The molecule has 0 fully saturated rings. The van der Waals surface area contributed by atoms with E-state index < -0.39 is 0 Å². The van der Waals surface area contributed by atoms with Crippen molar-refractivity contribution in [2.45, 2.75) is 25.3 Å². The second-order valence-corrected chi connectivity index (χ2v) is 5.44. The Balaban J connectivity index is 1.70. The van der Waals surface area contributed by atoms with Gasteiger partial charge in [0.05, 0.1) is 0 Å². The van der Waals surface area contributed by atoms with Gasteiger partial charge in [-0.3, -0.25) is 4.98 Å². The lowest BCUT2D eigenvalue weighted by molar-refractivity contribution is 0.459. The third-order valence-corrected chi connectivity index (χ3v) is 4.14. The molecule has 3 aromatic rings. The first kappa shape index (κ1) is 12.3. The largest absolute Gasteiger partial charge is 0.310 e. The first-order chi connectivity index (χ1) is 10.4. The number of fused-ring (bicyclic) bond motifs is 1. The molecule has 4 heteroatoms. The molecule has 1 atom stereocenters. The summed E-state index contributed by atoms with van der Waals surface area (Å²) in [7, 11) is 0. The third-order valence-electron chi connectivity index (χ3n) is 4.14. The number of aromatic nitrogens is 4. The van der Waals surface area contributed by atoms with Crippen molar-refractivity contribution in [2.24, 2.45) is 0 Å². The zero-order valence-corrected chi connectivity index (χ0v) is 11.7. The summed E-state index contributed by atoms with van der Waals surface area (Å²) in [4.78, 5) is 4.19. The highest BCUT2D eigenvalue weighted by atomic mass is 15.3. The van der Waals surface area contributed by atoms with E-state index in [1.54, 1.807) is 6.20 Å². The Morgan fingerprint density at radius 3 is 2.71 bits per heavy atom. The van der Waals surface area contributed by atoms with Crippen molar-refractivity contribution in [1.29, 1.82) is 0 Å². The van der Waals surface area contributed by atoms with Gasteiger partial charge in [0.2, 0.25) is 0 Å². The molecule has 1 unspecified atom stereocenters. The molecule has 0 saturated heterocycles. The summed E-state index contributed by atoms with van der Waals surface area (Å²) in [5.74, 6) is 2.55. The number of aryl methyl sites for hydroxylation is 1. The Labute approximate surface area is 123 Å². The minimum Gasteiger partial charge on any atom is -0.310 e. The molecule has 21 heavy (non-hydrogen) atoms. The molecule has 4 nitrogen and oxygen atoms in total. The van der Waals surface area contributed by atoms with Gasteiger partial charge in [-0.25, -0.2) is 0 Å². The van der Waals surface area contributed by atoms with Crippen LogP contribution in [-0.4, -0.2) is 19.7 Å². The maximum Gasteiger partial charge on any atom is 0.165 e. The van der Waals surface area contributed by atoms with Crippen LogP contribution >= 0.6 is 0 Å². The fourth-order valence-electron chi connectivity index (χ4n) is 3.03. The Bertz CT molecular complexity index is 734. The standard InChI is InChI=1S/C17H16N4/c1-2-5-13(6-3-1)15-8-9-16-19-20-17(21(16)12-15)14-7-4-10-18-11-14/h1-7,10-11,15H,8-9,12H2. The van der Waals surface area contributed by atoms with E-state index in [2.05, 4.69) is 50.1 Å². The van der Waals surface area contributed by atoms with Crippen molar-refractivity contribution in [2.75, 3.05) is 0 Å². The molecule has 0 amide bonds. The second-order valence-electron chi connectivity index (χ2n) is 5.44. The molecule has 104 valence electrons. The molecule has 1 aliphatic heterocycles. The molecule has 1 aromatic carbocycles. The maximum absolute atomic E-state index is 4.37. The number of pyridine rings is 1. The molecular formula is C17H16N4. The van der Waals surface area contributed by atoms with Crippen LogP contribution in [0, 0.1) is 0 Å². The SMILES string of the molecule is c1ccc(C2CCc3nnc(-c4cccnc4)n3C2)cc1. The predicted octanol–water partition coefficient (Wildman–Crippen LogP) is 3.07. The van der Waals surface area contributed by atoms with Gasteiger partial charge < -0.3 is 4.57 Å². The van der Waals surface area contributed by atoms with E-state index in [1.165, 1.54) is 5.56 Å². The van der Waals surface area contributed by atoms with Gasteiger partial charge in [-0.15, -0.1) is 10.2 Å². The van der Waals surface area contributed by atoms with Gasteiger partial charge in [0.1, 0.15) is 5.82 Å². The van der Waals surface area contributed by atoms with Crippen LogP contribution in [0.2, 0.25) is 0 Å². The molecule has 0 spiro atoms. The lowest BCUT2D eigenvalue weighted by atomic mass is 9.91. The summed E-state index contributed by atoms with van der Waals surface area (Å²) in [6, 6.07) is 14.7. The van der Waals surface area contributed by atoms with Gasteiger partial charge >= 0.3 is 0 Å². The Morgan fingerprint density at radius 2 is 1.90 bits per heavy atom. The van der Waals surface area contributed by atoms with Crippen molar-refractivity contribution in [3.05, 3.63) is 66.2 Å². The van der Waals surface area contributed by atoms with Crippen molar-refractivity contribution in [3.8, 4) is 11.4 Å². The van der Waals surface area contributed by atoms with E-state index in [9.17, 15) is 0 Å². The third kappa shape index (κ3) is 2.23. The van der Waals surface area contributed by atoms with Gasteiger partial charge in [-0.05, 0) is 24.1 Å². The average molecular weight is 276 g/mol. The van der Waals surface area contributed by atoms with Crippen LogP contribution in [0.25, 0.3) is 11.4 Å². The van der Waals surface area contributed by atoms with E-state index >= 15 is 0 Å². The lowest BCUT2D eigenvalue weighted by Crippen LogP contribution is -2.19. The normalized spacial score (nSPS) is 17.4. The van der Waals surface area contributed by atoms with Crippen molar-refractivity contribution in [1.82, 2.24) is 19.7 Å². The Morgan fingerprint density at radius 1 is 1.00 bits per heavy atom. The maximum atomic E-state index is 4.37. The first-order valence-corrected chi connectivity index (χ1v) is 7.29. The monoisotopic (exact) mass is 276 g/mol. The zero-order valence-electron chi connectivity index (χ0n) is 11.7. The topological polar surface area (TPSA) is 43.6 Å². The van der Waals surface area contributed by atoms with Gasteiger partial charge in [-0.1, -0.05) is 30.3 Å². The van der Waals surface area contributed by atoms with Gasteiger partial charge in [-0.2, -0.15) is 0 Å². The minimum absolute atomic E-state index is 0.533. The Hall–Kier alpha value is -2.49. The molecule has 0 radical (unpaired) electrons. The number of benzene rings is 1. The molecule has 2 aromatic heterocycles. The van der Waals surface area contributed by atoms with Crippen LogP contribution in [0.3, 0.4) is 0 Å². The summed E-state index contributed by atoms with van der Waals surface area (Å²) < 4.78 is 2.25. The molecule has 4 rings (SSSR count). The fourth-order valence-corrected chi connectivity index (χ4v) is 3.03. The molecule has 0 bridgehead atoms. The van der Waals surface area contributed by atoms with Crippen LogP contribution in [-0.2, 0) is 13.0 Å². The highest BCUT2D eigenvalue weighted by molar-refractivity contribution is 5.53. The molecule has 0 N–H and O–H groups in total. The van der Waals surface area contributed by atoms with Crippen LogP contribution in [0.5, 0.6) is 0 Å². The highest BCUT2D eigenvalue weighted by Gasteiger charge is 2.24. The smallest absolute Gasteiger partial charge is 0.165 e. The molecule has 3 heterocycles. The summed E-state index contributed by atoms with van der Waals surface area (Å²) in [5.41, 5.74) is 2.43. The van der Waals surface area contributed by atoms with E-state index in [-0.39, 0.29) is 0 Å². The van der Waals surface area contributed by atoms with E-state index in [0.717, 1.165) is 36.6 Å². The highest BCUT2D eigenvalue weighted by Crippen LogP contribution is 2.31. The van der Waals surface area contributed by atoms with E-state index in [4.69, 9.17) is 0 Å². The summed E-state index contributed by atoms with van der Waals surface area (Å²) in [6.07, 6.45) is 5.75.